The van der Waals surface area contributed by atoms with Crippen LogP contribution in [0, 0.1) is 11.8 Å². The molecule has 232 valence electrons. The van der Waals surface area contributed by atoms with Crippen LogP contribution in [-0.2, 0) is 31.9 Å². The topological polar surface area (TPSA) is 71.1 Å². The van der Waals surface area contributed by atoms with E-state index >= 15 is 0 Å². The molecule has 6 heteroatoms. The molecule has 0 spiro atoms. The van der Waals surface area contributed by atoms with Crippen LogP contribution < -0.4 is 9.47 Å². The second-order valence-electron chi connectivity index (χ2n) is 11.1. The van der Waals surface area contributed by atoms with Gasteiger partial charge in [-0.15, -0.1) is 0 Å². The van der Waals surface area contributed by atoms with E-state index in [9.17, 15) is 9.59 Å². The molecular weight excluding hydrogens is 516 g/mol. The van der Waals surface area contributed by atoms with Gasteiger partial charge in [0.05, 0.1) is 11.8 Å². The highest BCUT2D eigenvalue weighted by atomic mass is 16.7. The van der Waals surface area contributed by atoms with Crippen molar-refractivity contribution in [2.45, 2.75) is 126 Å². The minimum Gasteiger partial charge on any atom is -0.457 e. The molecular formula is C35H56O6. The van der Waals surface area contributed by atoms with Gasteiger partial charge in [-0.05, 0) is 96.3 Å². The van der Waals surface area contributed by atoms with Gasteiger partial charge in [-0.25, -0.2) is 0 Å². The molecule has 0 fully saturated rings. The Bertz CT molecular complexity index is 914. The molecule has 0 bridgehead atoms. The van der Waals surface area contributed by atoms with Gasteiger partial charge in [0.15, 0.2) is 0 Å². The number of hydrogen-bond acceptors (Lipinski definition) is 6. The van der Waals surface area contributed by atoms with Crippen molar-refractivity contribution >= 4 is 11.9 Å². The molecule has 0 aliphatic heterocycles. The van der Waals surface area contributed by atoms with E-state index in [4.69, 9.17) is 18.9 Å². The van der Waals surface area contributed by atoms with Crippen LogP contribution in [0.4, 0.5) is 0 Å². The Balaban J connectivity index is 3.29. The molecule has 1 rings (SSSR count). The molecule has 1 aromatic rings. The second kappa shape index (κ2) is 21.0. The summed E-state index contributed by atoms with van der Waals surface area (Å²) in [6.45, 7) is 16.2. The summed E-state index contributed by atoms with van der Waals surface area (Å²) in [4.78, 5) is 24.9. The monoisotopic (exact) mass is 572 g/mol. The second-order valence-corrected chi connectivity index (χ2v) is 11.1. The fourth-order valence-corrected chi connectivity index (χ4v) is 4.60. The number of benzene rings is 1. The Labute approximate surface area is 249 Å². The molecule has 0 saturated heterocycles. The van der Waals surface area contributed by atoms with Crippen molar-refractivity contribution in [1.29, 1.82) is 0 Å². The predicted octanol–water partition coefficient (Wildman–Crippen LogP) is 9.29. The predicted molar refractivity (Wildman–Crippen MR) is 167 cm³/mol. The van der Waals surface area contributed by atoms with Crippen molar-refractivity contribution in [1.82, 2.24) is 0 Å². The lowest BCUT2D eigenvalue weighted by Crippen LogP contribution is -2.20. The van der Waals surface area contributed by atoms with Crippen molar-refractivity contribution in [3.05, 3.63) is 46.6 Å². The van der Waals surface area contributed by atoms with Gasteiger partial charge >= 0.3 is 11.9 Å². The maximum Gasteiger partial charge on any atom is 0.311 e. The van der Waals surface area contributed by atoms with Crippen molar-refractivity contribution in [3.8, 4) is 11.5 Å². The molecule has 0 radical (unpaired) electrons. The molecule has 0 atom stereocenters. The maximum absolute atomic E-state index is 12.5. The van der Waals surface area contributed by atoms with Crippen LogP contribution in [0.5, 0.6) is 11.5 Å². The summed E-state index contributed by atoms with van der Waals surface area (Å²) >= 11 is 0. The molecule has 0 saturated carbocycles. The Morgan fingerprint density at radius 2 is 1.27 bits per heavy atom. The van der Waals surface area contributed by atoms with E-state index in [1.807, 2.05) is 39.8 Å². The Kier molecular flexibility index (Phi) is 18.6. The normalized spacial score (nSPS) is 11.5. The summed E-state index contributed by atoms with van der Waals surface area (Å²) in [5.41, 5.74) is 4.51. The van der Waals surface area contributed by atoms with E-state index in [0.717, 1.165) is 75.3 Å². The molecule has 0 unspecified atom stereocenters. The van der Waals surface area contributed by atoms with E-state index in [0.29, 0.717) is 17.9 Å². The van der Waals surface area contributed by atoms with Gasteiger partial charge in [0.2, 0.25) is 13.6 Å². The number of hydrogen-bond donors (Lipinski definition) is 0. The molecule has 0 amide bonds. The quantitative estimate of drug-likeness (QED) is 0.0633. The summed E-state index contributed by atoms with van der Waals surface area (Å²) in [5.74, 6) is 0.518. The number of esters is 2. The zero-order valence-electron chi connectivity index (χ0n) is 27.1. The zero-order chi connectivity index (χ0) is 30.6. The van der Waals surface area contributed by atoms with E-state index in [-0.39, 0.29) is 37.4 Å². The standard InChI is InChI=1S/C35H56O6/c1-9-14-15-19-28-22-32(38-24-40-34(36)29(10-2)11-3)31(21-20-27(8)18-16-17-26(6)7)33(23-28)39-25-41-35(37)30(12-4)13-5/h17,20,22-23,29-30H,9-16,18-19,21,24-25H2,1-8H3. The van der Waals surface area contributed by atoms with Gasteiger partial charge in [-0.2, -0.15) is 0 Å². The van der Waals surface area contributed by atoms with Crippen molar-refractivity contribution in [2.75, 3.05) is 13.6 Å². The summed E-state index contributed by atoms with van der Waals surface area (Å²) in [7, 11) is 0. The third-order valence-electron chi connectivity index (χ3n) is 7.51. The minimum absolute atomic E-state index is 0.131. The average Bonchev–Trinajstić information content (AvgIpc) is 2.93. The average molecular weight is 573 g/mol. The van der Waals surface area contributed by atoms with Gasteiger partial charge < -0.3 is 18.9 Å². The zero-order valence-corrected chi connectivity index (χ0v) is 27.1. The Morgan fingerprint density at radius 1 is 0.756 bits per heavy atom. The fourth-order valence-electron chi connectivity index (χ4n) is 4.60. The summed E-state index contributed by atoms with van der Waals surface area (Å²) < 4.78 is 23.2. The molecule has 1 aromatic carbocycles. The van der Waals surface area contributed by atoms with Crippen LogP contribution in [0.2, 0.25) is 0 Å². The van der Waals surface area contributed by atoms with Gasteiger partial charge in [0.1, 0.15) is 11.5 Å². The minimum atomic E-state index is -0.240. The van der Waals surface area contributed by atoms with Crippen LogP contribution in [-0.4, -0.2) is 25.5 Å². The van der Waals surface area contributed by atoms with Crippen LogP contribution in [0.1, 0.15) is 124 Å². The lowest BCUT2D eigenvalue weighted by molar-refractivity contribution is -0.156. The van der Waals surface area contributed by atoms with Gasteiger partial charge in [0.25, 0.3) is 0 Å². The van der Waals surface area contributed by atoms with Crippen molar-refractivity contribution in [3.63, 3.8) is 0 Å². The van der Waals surface area contributed by atoms with Crippen LogP contribution in [0.3, 0.4) is 0 Å². The first-order valence-corrected chi connectivity index (χ1v) is 15.7. The number of carbonyl (C=O) groups excluding carboxylic acids is 2. The number of allylic oxidation sites excluding steroid dienone is 4. The Morgan fingerprint density at radius 3 is 1.71 bits per heavy atom. The van der Waals surface area contributed by atoms with Gasteiger partial charge in [-0.3, -0.25) is 9.59 Å². The molecule has 0 aliphatic carbocycles. The molecule has 0 N–H and O–H groups in total. The van der Waals surface area contributed by atoms with Crippen LogP contribution in [0.15, 0.2) is 35.4 Å². The van der Waals surface area contributed by atoms with Crippen LogP contribution in [0.25, 0.3) is 0 Å². The first-order chi connectivity index (χ1) is 19.7. The highest BCUT2D eigenvalue weighted by molar-refractivity contribution is 5.72. The Hall–Kier alpha value is -2.76. The fraction of sp³-hybridized carbons (Fsp3) is 0.657. The maximum atomic E-state index is 12.5. The summed E-state index contributed by atoms with van der Waals surface area (Å²) in [6, 6.07) is 4.07. The number of carbonyl (C=O) groups is 2. The number of rotatable bonds is 21. The number of unbranched alkanes of at least 4 members (excludes halogenated alkanes) is 2. The number of ether oxygens (including phenoxy) is 4. The highest BCUT2D eigenvalue weighted by Gasteiger charge is 2.19. The SMILES string of the molecule is CCCCCc1cc(OCOC(=O)C(CC)CC)c(CC=C(C)CCC=C(C)C)c(OCOC(=O)C(CC)CC)c1. The molecule has 0 heterocycles. The lowest BCUT2D eigenvalue weighted by Gasteiger charge is -2.19. The highest BCUT2D eigenvalue weighted by Crippen LogP contribution is 2.33. The smallest absolute Gasteiger partial charge is 0.311 e. The molecule has 0 aliphatic rings. The van der Waals surface area contributed by atoms with Crippen molar-refractivity contribution in [2.24, 2.45) is 11.8 Å². The summed E-state index contributed by atoms with van der Waals surface area (Å²) in [5, 5.41) is 0. The van der Waals surface area contributed by atoms with Crippen molar-refractivity contribution < 1.29 is 28.5 Å². The molecule has 41 heavy (non-hydrogen) atoms. The summed E-state index contributed by atoms with van der Waals surface area (Å²) in [6.07, 6.45) is 14.1. The lowest BCUT2D eigenvalue weighted by atomic mass is 10.00. The van der Waals surface area contributed by atoms with Crippen LogP contribution >= 0.6 is 0 Å². The van der Waals surface area contributed by atoms with E-state index in [2.05, 4.69) is 39.8 Å². The largest absolute Gasteiger partial charge is 0.457 e. The molecule has 6 nitrogen and oxygen atoms in total. The van der Waals surface area contributed by atoms with Gasteiger partial charge in [-0.1, -0.05) is 70.8 Å². The first-order valence-electron chi connectivity index (χ1n) is 15.7. The molecule has 0 aromatic heterocycles. The number of aryl methyl sites for hydroxylation is 1. The third kappa shape index (κ3) is 14.1. The van der Waals surface area contributed by atoms with Gasteiger partial charge in [0, 0.05) is 5.56 Å². The van der Waals surface area contributed by atoms with E-state index < -0.39 is 0 Å². The van der Waals surface area contributed by atoms with E-state index in [1.54, 1.807) is 0 Å². The third-order valence-corrected chi connectivity index (χ3v) is 7.51. The van der Waals surface area contributed by atoms with E-state index in [1.165, 1.54) is 11.1 Å². The first kappa shape index (κ1) is 36.3.